The van der Waals surface area contributed by atoms with Gasteiger partial charge in [-0.15, -0.1) is 0 Å². The fourth-order valence-corrected chi connectivity index (χ4v) is 32.4. The highest BCUT2D eigenvalue weighted by molar-refractivity contribution is 5.13. The van der Waals surface area contributed by atoms with Crippen LogP contribution in [-0.2, 0) is 0 Å². The lowest BCUT2D eigenvalue weighted by molar-refractivity contribution is -0.111. The zero-order valence-electron chi connectivity index (χ0n) is 72.9. The smallest absolute Gasteiger partial charge is 0.0215 e. The molecule has 0 spiro atoms. The van der Waals surface area contributed by atoms with Crippen molar-refractivity contribution < 1.29 is 0 Å². The Morgan fingerprint density at radius 3 is 1.24 bits per heavy atom. The van der Waals surface area contributed by atoms with Crippen molar-refractivity contribution in [2.24, 2.45) is 174 Å². The second kappa shape index (κ2) is 35.8. The molecule has 592 valence electrons. The SMILES string of the molecule is CC(C)C(C1CCCCC1)C1CCCCC1.CC12CCC(CC1)C(C)(C)C2CC1CCCCC1.CC1C2CCC(C)(C2)C1(C)CC1CCCCC1.CC1CC2CCC1(CC1CCCCC1)C2(C)C.CC1CCC(CC2CC3(C)CCC2C3(C)C)CC1.CC1CCCCC1C(C)C1CCCCC1C. The number of hydrogen-bond acceptors (Lipinski definition) is 0. The molecule has 0 aromatic heterocycles. The summed E-state index contributed by atoms with van der Waals surface area (Å²) in [6.07, 6.45) is 82.2. The van der Waals surface area contributed by atoms with E-state index < -0.39 is 0 Å². The fourth-order valence-electron chi connectivity index (χ4n) is 32.4. The zero-order valence-corrected chi connectivity index (χ0v) is 72.9. The number of fused-ring (bicyclic) bond motifs is 9. The van der Waals surface area contributed by atoms with E-state index in [2.05, 4.69) is 125 Å². The van der Waals surface area contributed by atoms with Crippen LogP contribution in [0.1, 0.15) is 471 Å². The van der Waals surface area contributed by atoms with E-state index in [1.165, 1.54) is 289 Å². The van der Waals surface area contributed by atoms with Crippen LogP contribution >= 0.6 is 0 Å². The number of rotatable bonds is 13. The van der Waals surface area contributed by atoms with E-state index in [0.717, 1.165) is 136 Å². The van der Waals surface area contributed by atoms with E-state index in [1.54, 1.807) is 57.8 Å². The molecule has 17 saturated carbocycles. The fraction of sp³-hybridized carbons (Fsp3) is 1.00. The third-order valence-electron chi connectivity index (χ3n) is 40.1. The van der Waals surface area contributed by atoms with Gasteiger partial charge in [-0.25, -0.2) is 0 Å². The molecule has 17 fully saturated rings. The Bertz CT molecular complexity index is 2370. The maximum absolute atomic E-state index is 2.64. The Balaban J connectivity index is 0.000000123. The molecule has 0 heterocycles. The molecule has 0 N–H and O–H groups in total. The highest BCUT2D eigenvalue weighted by Gasteiger charge is 2.64. The van der Waals surface area contributed by atoms with Crippen molar-refractivity contribution in [3.05, 3.63) is 0 Å². The van der Waals surface area contributed by atoms with E-state index >= 15 is 0 Å². The van der Waals surface area contributed by atoms with Crippen LogP contribution in [0, 0.1) is 174 Å². The average Bonchev–Trinajstić information content (AvgIpc) is 1.51. The molecule has 0 heteroatoms. The van der Waals surface area contributed by atoms with Crippen LogP contribution in [0.15, 0.2) is 0 Å². The summed E-state index contributed by atoms with van der Waals surface area (Å²) in [5.41, 5.74) is 5.33. The minimum atomic E-state index is 0.625. The van der Waals surface area contributed by atoms with Crippen LogP contribution in [0.3, 0.4) is 0 Å². The molecule has 15 atom stereocenters. The van der Waals surface area contributed by atoms with Gasteiger partial charge in [0.1, 0.15) is 0 Å². The minimum absolute atomic E-state index is 0.625. The third-order valence-corrected chi connectivity index (χ3v) is 40.1. The molecular formula is C102H184. The van der Waals surface area contributed by atoms with Gasteiger partial charge in [0.2, 0.25) is 0 Å². The maximum Gasteiger partial charge on any atom is -0.0215 e. The molecular weight excluding hydrogens is 1230 g/mol. The summed E-state index contributed by atoms with van der Waals surface area (Å²) >= 11 is 0. The van der Waals surface area contributed by atoms with E-state index in [9.17, 15) is 0 Å². The second-order valence-corrected chi connectivity index (χ2v) is 46.6. The Kier molecular flexibility index (Phi) is 29.1. The van der Waals surface area contributed by atoms with Crippen LogP contribution in [0.2, 0.25) is 0 Å². The summed E-state index contributed by atoms with van der Waals surface area (Å²) in [5, 5.41) is 0. The Morgan fingerprint density at radius 2 is 0.814 bits per heavy atom. The van der Waals surface area contributed by atoms with Gasteiger partial charge in [-0.1, -0.05) is 349 Å². The highest BCUT2D eigenvalue weighted by atomic mass is 14.7. The van der Waals surface area contributed by atoms with Crippen LogP contribution in [0.4, 0.5) is 0 Å². The molecule has 0 nitrogen and oxygen atoms in total. The largest absolute Gasteiger partial charge is 0.0625 e. The van der Waals surface area contributed by atoms with Crippen molar-refractivity contribution in [2.75, 3.05) is 0 Å². The number of hydrogen-bond donors (Lipinski definition) is 0. The molecule has 0 aromatic carbocycles. The highest BCUT2D eigenvalue weighted by Crippen LogP contribution is 2.73. The molecule has 17 aliphatic rings. The minimum Gasteiger partial charge on any atom is -0.0625 e. The lowest BCUT2D eigenvalue weighted by atomic mass is 9.44. The summed E-state index contributed by atoms with van der Waals surface area (Å²) in [6, 6.07) is 0. The Morgan fingerprint density at radius 1 is 0.363 bits per heavy atom. The molecule has 0 aromatic rings. The van der Waals surface area contributed by atoms with Gasteiger partial charge in [-0.3, -0.25) is 0 Å². The first-order valence-corrected chi connectivity index (χ1v) is 48.5. The average molecular weight is 1410 g/mol. The third kappa shape index (κ3) is 18.4. The molecule has 102 heavy (non-hydrogen) atoms. The molecule has 0 amide bonds. The van der Waals surface area contributed by atoms with Crippen LogP contribution in [0.25, 0.3) is 0 Å². The lowest BCUT2D eigenvalue weighted by Crippen LogP contribution is -2.52. The van der Waals surface area contributed by atoms with Crippen molar-refractivity contribution in [1.29, 1.82) is 0 Å². The summed E-state index contributed by atoms with van der Waals surface area (Å²) in [7, 11) is 0. The Labute approximate surface area is 641 Å². The van der Waals surface area contributed by atoms with Crippen molar-refractivity contribution in [1.82, 2.24) is 0 Å². The summed E-state index contributed by atoms with van der Waals surface area (Å²) in [6.45, 7) is 46.1. The van der Waals surface area contributed by atoms with Crippen molar-refractivity contribution in [2.45, 2.75) is 471 Å². The van der Waals surface area contributed by atoms with Gasteiger partial charge in [-0.2, -0.15) is 0 Å². The molecule has 0 saturated heterocycles. The molecule has 8 bridgehead atoms. The molecule has 17 rings (SSSR count). The summed E-state index contributed by atoms with van der Waals surface area (Å²) in [4.78, 5) is 0. The Hall–Kier alpha value is 0. The zero-order chi connectivity index (χ0) is 72.9. The monoisotopic (exact) mass is 1410 g/mol. The molecule has 0 aliphatic heterocycles. The molecule has 15 unspecified atom stereocenters. The molecule has 17 aliphatic carbocycles. The van der Waals surface area contributed by atoms with Gasteiger partial charge in [-0.05, 0) is 296 Å². The quantitative estimate of drug-likeness (QED) is 0.172. The van der Waals surface area contributed by atoms with Crippen molar-refractivity contribution in [3.63, 3.8) is 0 Å². The van der Waals surface area contributed by atoms with Gasteiger partial charge >= 0.3 is 0 Å². The summed E-state index contributed by atoms with van der Waals surface area (Å²) in [5.74, 6) is 22.7. The normalized spacial score (nSPS) is 43.5. The maximum atomic E-state index is 2.64. The first-order chi connectivity index (χ1) is 48.5. The predicted molar refractivity (Wildman–Crippen MR) is 448 cm³/mol. The first kappa shape index (κ1) is 82.9. The standard InChI is InChI=1S/2C18H32.2C17H30.2C16H30/c1-13-5-7-14(8-6-13)11-15-12-18(4)10-9-16(15)17(18,2)3;1-17(2)15-9-11-18(3,12-10-15)16(17)13-14-7-5-4-6-8-14;1-13-15-9-10-16(2,12-15)17(13,3)11-14-7-5-4-6-8-14;1-13-11-15-9-10-17(13,16(15,2)3)12-14-7-5-4-6-8-14;1-12-8-4-6-10-15(12)14(3)16-11-7-5-9-13(16)2;1-13(2)16(14-9-5-3-6-10-14)15-11-7-4-8-12-15/h13-16H,5-12H2,1-4H3;14-16H,4-13H2,1-3H3;2*13-15H,4-12H2,1-3H3;12-16H,4-11H2,1-3H3;13-16H,3-12H2,1-2H3. The van der Waals surface area contributed by atoms with E-state index in [4.69, 9.17) is 0 Å². The van der Waals surface area contributed by atoms with Gasteiger partial charge < -0.3 is 0 Å². The van der Waals surface area contributed by atoms with Gasteiger partial charge in [0.25, 0.3) is 0 Å². The van der Waals surface area contributed by atoms with E-state index in [0.29, 0.717) is 37.9 Å². The second-order valence-electron chi connectivity index (χ2n) is 46.6. The van der Waals surface area contributed by atoms with Crippen LogP contribution in [0.5, 0.6) is 0 Å². The van der Waals surface area contributed by atoms with Crippen LogP contribution in [-0.4, -0.2) is 0 Å². The van der Waals surface area contributed by atoms with Gasteiger partial charge in [0.05, 0.1) is 0 Å². The first-order valence-electron chi connectivity index (χ1n) is 48.5. The van der Waals surface area contributed by atoms with Crippen molar-refractivity contribution >= 4 is 0 Å². The molecule has 0 radical (unpaired) electrons. The van der Waals surface area contributed by atoms with E-state index in [1.807, 2.05) is 0 Å². The lowest BCUT2D eigenvalue weighted by Gasteiger charge is -2.61. The van der Waals surface area contributed by atoms with E-state index in [-0.39, 0.29) is 0 Å². The van der Waals surface area contributed by atoms with Gasteiger partial charge in [0, 0.05) is 0 Å². The van der Waals surface area contributed by atoms with Gasteiger partial charge in [0.15, 0.2) is 0 Å². The van der Waals surface area contributed by atoms with Crippen molar-refractivity contribution in [3.8, 4) is 0 Å². The summed E-state index contributed by atoms with van der Waals surface area (Å²) < 4.78 is 0. The topological polar surface area (TPSA) is 0 Å². The van der Waals surface area contributed by atoms with Crippen LogP contribution < -0.4 is 0 Å². The predicted octanol–water partition coefficient (Wildman–Crippen LogP) is 33.0.